The van der Waals surface area contributed by atoms with E-state index >= 15 is 0 Å². The molecule has 0 saturated heterocycles. The molecular formula is C20H24FIN4O2. The molecule has 6 nitrogen and oxygen atoms in total. The number of halogens is 2. The van der Waals surface area contributed by atoms with Crippen molar-refractivity contribution in [1.29, 1.82) is 0 Å². The van der Waals surface area contributed by atoms with E-state index in [1.54, 1.807) is 12.1 Å². The van der Waals surface area contributed by atoms with E-state index in [0.29, 0.717) is 25.7 Å². The van der Waals surface area contributed by atoms with Crippen LogP contribution in [0.15, 0.2) is 53.5 Å². The van der Waals surface area contributed by atoms with Crippen molar-refractivity contribution in [1.82, 2.24) is 10.6 Å². The molecule has 1 heterocycles. The van der Waals surface area contributed by atoms with Gasteiger partial charge in [-0.25, -0.2) is 4.39 Å². The Morgan fingerprint density at radius 1 is 1.21 bits per heavy atom. The lowest BCUT2D eigenvalue weighted by atomic mass is 10.0. The Labute approximate surface area is 180 Å². The first-order chi connectivity index (χ1) is 13.1. The van der Waals surface area contributed by atoms with Gasteiger partial charge in [0.25, 0.3) is 0 Å². The molecule has 1 unspecified atom stereocenters. The summed E-state index contributed by atoms with van der Waals surface area (Å²) in [6.45, 7) is 1.38. The predicted molar refractivity (Wildman–Crippen MR) is 117 cm³/mol. The summed E-state index contributed by atoms with van der Waals surface area (Å²) in [6, 6.07) is 13.8. The highest BCUT2D eigenvalue weighted by Crippen LogP contribution is 2.31. The average molecular weight is 498 g/mol. The number of nitrogens with one attached hydrogen (secondary N) is 2. The summed E-state index contributed by atoms with van der Waals surface area (Å²) < 4.78 is 18.5. The molecule has 0 radical (unpaired) electrons. The SMILES string of the molecule is I.NC(=NCCNC(=O)Cc1ccc(F)cc1)NC1CCOc2ccccc21. The summed E-state index contributed by atoms with van der Waals surface area (Å²) in [4.78, 5) is 16.1. The van der Waals surface area contributed by atoms with E-state index in [1.165, 1.54) is 12.1 Å². The number of hydrogen-bond acceptors (Lipinski definition) is 3. The Hall–Kier alpha value is -2.36. The van der Waals surface area contributed by atoms with Gasteiger partial charge in [-0.15, -0.1) is 24.0 Å². The van der Waals surface area contributed by atoms with Gasteiger partial charge in [0.05, 0.1) is 25.6 Å². The second-order valence-electron chi connectivity index (χ2n) is 6.29. The summed E-state index contributed by atoms with van der Waals surface area (Å²) in [5.41, 5.74) is 7.79. The molecule has 2 aromatic rings. The first-order valence-corrected chi connectivity index (χ1v) is 8.91. The number of hydrogen-bond donors (Lipinski definition) is 3. The third kappa shape index (κ3) is 6.36. The monoisotopic (exact) mass is 498 g/mol. The Morgan fingerprint density at radius 2 is 1.96 bits per heavy atom. The van der Waals surface area contributed by atoms with E-state index in [9.17, 15) is 9.18 Å². The van der Waals surface area contributed by atoms with E-state index in [4.69, 9.17) is 10.5 Å². The number of amides is 1. The first-order valence-electron chi connectivity index (χ1n) is 8.91. The molecule has 0 aliphatic carbocycles. The maximum Gasteiger partial charge on any atom is 0.224 e. The Balaban J connectivity index is 0.00000280. The molecule has 1 atom stereocenters. The third-order valence-electron chi connectivity index (χ3n) is 4.27. The first kappa shape index (κ1) is 21.9. The highest BCUT2D eigenvalue weighted by molar-refractivity contribution is 14.0. The highest BCUT2D eigenvalue weighted by atomic mass is 127. The van der Waals surface area contributed by atoms with Gasteiger partial charge >= 0.3 is 0 Å². The topological polar surface area (TPSA) is 88.7 Å². The zero-order valence-corrected chi connectivity index (χ0v) is 17.7. The molecule has 0 fully saturated rings. The maximum absolute atomic E-state index is 12.9. The number of benzene rings is 2. The number of nitrogens with two attached hydrogens (primary N) is 1. The number of nitrogens with zero attached hydrogens (tertiary/aromatic N) is 1. The fourth-order valence-corrected chi connectivity index (χ4v) is 2.94. The van der Waals surface area contributed by atoms with Crippen molar-refractivity contribution >= 4 is 35.8 Å². The zero-order valence-electron chi connectivity index (χ0n) is 15.4. The zero-order chi connectivity index (χ0) is 19.1. The van der Waals surface area contributed by atoms with Crippen molar-refractivity contribution in [3.05, 3.63) is 65.5 Å². The quantitative estimate of drug-likeness (QED) is 0.247. The van der Waals surface area contributed by atoms with Gasteiger partial charge in [-0.2, -0.15) is 0 Å². The van der Waals surface area contributed by atoms with Crippen LogP contribution in [0.4, 0.5) is 4.39 Å². The molecule has 1 aliphatic heterocycles. The highest BCUT2D eigenvalue weighted by Gasteiger charge is 2.21. The summed E-state index contributed by atoms with van der Waals surface area (Å²) in [5, 5.41) is 5.99. The standard InChI is InChI=1S/C20H23FN4O2.HI/c21-15-7-5-14(6-8-15)13-19(26)23-10-11-24-20(22)25-17-9-12-27-18-4-2-1-3-16(17)18;/h1-8,17H,9-13H2,(H,23,26)(H3,22,24,25);1H. The molecule has 3 rings (SSSR count). The van der Waals surface area contributed by atoms with Crippen molar-refractivity contribution in [3.63, 3.8) is 0 Å². The number of carbonyl (C=O) groups excluding carboxylic acids is 1. The molecule has 28 heavy (non-hydrogen) atoms. The maximum atomic E-state index is 12.9. The fraction of sp³-hybridized carbons (Fsp3) is 0.300. The second-order valence-corrected chi connectivity index (χ2v) is 6.29. The molecule has 8 heteroatoms. The second kappa shape index (κ2) is 10.8. The van der Waals surface area contributed by atoms with Crippen molar-refractivity contribution in [2.24, 2.45) is 10.7 Å². The van der Waals surface area contributed by atoms with Gasteiger partial charge in [-0.05, 0) is 23.8 Å². The molecule has 1 amide bonds. The Bertz CT molecular complexity index is 814. The van der Waals surface area contributed by atoms with Gasteiger partial charge in [0.2, 0.25) is 5.91 Å². The van der Waals surface area contributed by atoms with E-state index in [-0.39, 0.29) is 48.2 Å². The molecule has 0 aromatic heterocycles. The molecule has 1 aliphatic rings. The lowest BCUT2D eigenvalue weighted by Gasteiger charge is -2.26. The van der Waals surface area contributed by atoms with Crippen molar-refractivity contribution in [3.8, 4) is 5.75 Å². The summed E-state index contributed by atoms with van der Waals surface area (Å²) in [6.07, 6.45) is 1.01. The number of para-hydroxylation sites is 1. The lowest BCUT2D eigenvalue weighted by molar-refractivity contribution is -0.120. The number of carbonyl (C=O) groups is 1. The van der Waals surface area contributed by atoms with Crippen LogP contribution in [0, 0.1) is 5.82 Å². The molecule has 4 N–H and O–H groups in total. The largest absolute Gasteiger partial charge is 0.493 e. The molecule has 0 saturated carbocycles. The number of rotatable bonds is 6. The fourth-order valence-electron chi connectivity index (χ4n) is 2.94. The minimum atomic E-state index is -0.316. The van der Waals surface area contributed by atoms with Crippen LogP contribution in [0.3, 0.4) is 0 Å². The minimum absolute atomic E-state index is 0. The van der Waals surface area contributed by atoms with Gasteiger partial charge < -0.3 is 21.1 Å². The number of aliphatic imine (C=N–C) groups is 1. The van der Waals surface area contributed by atoms with Gasteiger partial charge in [-0.1, -0.05) is 30.3 Å². The van der Waals surface area contributed by atoms with Crippen LogP contribution in [-0.4, -0.2) is 31.6 Å². The molecule has 2 aromatic carbocycles. The molecule has 0 spiro atoms. The molecular weight excluding hydrogens is 474 g/mol. The van der Waals surface area contributed by atoms with Crippen LogP contribution >= 0.6 is 24.0 Å². The predicted octanol–water partition coefficient (Wildman–Crippen LogP) is 2.53. The van der Waals surface area contributed by atoms with Crippen molar-refractivity contribution in [2.75, 3.05) is 19.7 Å². The third-order valence-corrected chi connectivity index (χ3v) is 4.27. The Kier molecular flexibility index (Phi) is 8.49. The lowest BCUT2D eigenvalue weighted by Crippen LogP contribution is -2.38. The number of guanidine groups is 1. The van der Waals surface area contributed by atoms with Crippen LogP contribution in [0.2, 0.25) is 0 Å². The van der Waals surface area contributed by atoms with Gasteiger partial charge in [0.1, 0.15) is 11.6 Å². The Morgan fingerprint density at radius 3 is 2.75 bits per heavy atom. The molecule has 0 bridgehead atoms. The average Bonchev–Trinajstić information content (AvgIpc) is 2.67. The smallest absolute Gasteiger partial charge is 0.224 e. The van der Waals surface area contributed by atoms with E-state index in [1.807, 2.05) is 24.3 Å². The molecule has 150 valence electrons. The summed E-state index contributed by atoms with van der Waals surface area (Å²) in [7, 11) is 0. The number of fused-ring (bicyclic) bond motifs is 1. The van der Waals surface area contributed by atoms with E-state index < -0.39 is 0 Å². The number of ether oxygens (including phenoxy) is 1. The van der Waals surface area contributed by atoms with E-state index in [2.05, 4.69) is 15.6 Å². The van der Waals surface area contributed by atoms with Crippen LogP contribution < -0.4 is 21.1 Å². The summed E-state index contributed by atoms with van der Waals surface area (Å²) in [5.74, 6) is 0.747. The normalized spacial score (nSPS) is 15.6. The van der Waals surface area contributed by atoms with Gasteiger partial charge in [-0.3, -0.25) is 9.79 Å². The van der Waals surface area contributed by atoms with Crippen molar-refractivity contribution < 1.29 is 13.9 Å². The summed E-state index contributed by atoms with van der Waals surface area (Å²) >= 11 is 0. The van der Waals surface area contributed by atoms with Crippen LogP contribution in [0.25, 0.3) is 0 Å². The van der Waals surface area contributed by atoms with Gasteiger partial charge in [0, 0.05) is 18.5 Å². The van der Waals surface area contributed by atoms with Crippen molar-refractivity contribution in [2.45, 2.75) is 18.9 Å². The van der Waals surface area contributed by atoms with Gasteiger partial charge in [0.15, 0.2) is 5.96 Å². The van der Waals surface area contributed by atoms with Crippen LogP contribution in [0.5, 0.6) is 5.75 Å². The minimum Gasteiger partial charge on any atom is -0.493 e. The van der Waals surface area contributed by atoms with Crippen LogP contribution in [0.1, 0.15) is 23.6 Å². The van der Waals surface area contributed by atoms with Crippen LogP contribution in [-0.2, 0) is 11.2 Å². The van der Waals surface area contributed by atoms with E-state index in [0.717, 1.165) is 23.3 Å².